The topological polar surface area (TPSA) is 158 Å². The number of unbranched alkanes of at least 4 members (excludes halogenated alkanes) is 72. The van der Waals surface area contributed by atoms with Crippen LogP contribution in [0.1, 0.15) is 581 Å². The molecule has 0 saturated carbocycles. The van der Waals surface area contributed by atoms with Crippen LogP contribution in [0.2, 0.25) is 0 Å². The molecule has 0 amide bonds. The van der Waals surface area contributed by atoms with Gasteiger partial charge in [0.1, 0.15) is 0 Å². The van der Waals surface area contributed by atoms with E-state index in [0.29, 0.717) is 0 Å². The molecule has 0 rings (SSSR count). The molecule has 0 aromatic heterocycles. The Morgan fingerprint density at radius 2 is 0.255 bits per heavy atom. The van der Waals surface area contributed by atoms with Gasteiger partial charge in [0, 0.05) is 19.3 Å². The Morgan fingerprint density at radius 1 is 0.155 bits per heavy atom. The molecule has 0 unspecified atom stereocenters. The number of hydrogen-bond acceptors (Lipinski definition) is 12. The maximum atomic E-state index is 12.7. The first-order valence-electron chi connectivity index (χ1n) is 49.1. The van der Waals surface area contributed by atoms with Crippen LogP contribution in [0.15, 0.2) is 0 Å². The summed E-state index contributed by atoms with van der Waals surface area (Å²) in [6.07, 6.45) is 98.1. The SMILES string of the molecule is CCCCCCCCCCCCCCCC(=O)OB(OC(=O)CCCCCCCCCCCCCCC)OC(=O)CCCCCCCCCCCCCCC.CCCCCCCCCCCCCCCC(=O)[O][Bi]([O]C(=O)CCCCCCCCCCCCCCC)[O]C(=O)CCCCCCCCCCCCCCC. The van der Waals surface area contributed by atoms with Gasteiger partial charge in [0.15, 0.2) is 0 Å². The van der Waals surface area contributed by atoms with Gasteiger partial charge in [-0.15, -0.1) is 0 Å². The Hall–Kier alpha value is -2.23. The maximum absolute atomic E-state index is 12.7. The fraction of sp³-hybridized carbons (Fsp3) is 0.938. The van der Waals surface area contributed by atoms with Gasteiger partial charge in [-0.3, -0.25) is 14.4 Å². The van der Waals surface area contributed by atoms with Crippen LogP contribution in [0.5, 0.6) is 0 Å². The standard InChI is InChI=1S/C48H93BO6.3C16H32O2.Bi/c1-4-7-10-13-16-19-22-25-28-31-34-37-40-43-46(50)53-49(54-47(51)44-41-38-35-32-29-26-23-20-17-14-11-8-5-2)55-48(52)45-42-39-36-33-30-27-24-21-18-15-12-9-6-3;3*1-2-3-4-5-6-7-8-9-10-11-12-13-14-15-16(17)18;/h4-45H2,1-3H3;3*2-15H2,1H3,(H,17,18);/q;;;;+3/p-3. The minimum absolute atomic E-state index is 0.237. The fourth-order valence-electron chi connectivity index (χ4n) is 14.7. The van der Waals surface area contributed by atoms with Crippen LogP contribution < -0.4 is 0 Å². The molecule has 0 aromatic rings. The molecule has 14 heteroatoms. The third-order valence-corrected chi connectivity index (χ3v) is 26.2. The van der Waals surface area contributed by atoms with Crippen LogP contribution in [0.25, 0.3) is 0 Å². The second-order valence-corrected chi connectivity index (χ2v) is 37.2. The second-order valence-electron chi connectivity index (χ2n) is 33.3. The fourth-order valence-corrected chi connectivity index (χ4v) is 18.2. The predicted molar refractivity (Wildman–Crippen MR) is 470 cm³/mol. The van der Waals surface area contributed by atoms with Gasteiger partial charge < -0.3 is 14.0 Å². The van der Waals surface area contributed by atoms with E-state index < -0.39 is 48.3 Å². The van der Waals surface area contributed by atoms with E-state index in [0.717, 1.165) is 116 Å². The zero-order valence-corrected chi connectivity index (χ0v) is 77.8. The minimum Gasteiger partial charge on any atom is -0.0654 e. The molecule has 0 N–H and O–H groups in total. The van der Waals surface area contributed by atoms with Crippen molar-refractivity contribution >= 4 is 66.2 Å². The number of rotatable bonds is 90. The van der Waals surface area contributed by atoms with Crippen LogP contribution in [0, 0.1) is 0 Å². The monoisotopic (exact) mass is 1750 g/mol. The van der Waals surface area contributed by atoms with Crippen LogP contribution in [0.3, 0.4) is 0 Å². The van der Waals surface area contributed by atoms with Crippen molar-refractivity contribution < 1.29 is 51.2 Å². The van der Waals surface area contributed by atoms with Gasteiger partial charge >= 0.3 is 264 Å². The normalized spacial score (nSPS) is 11.3. The Balaban J connectivity index is 0. The molecule has 0 heterocycles. The van der Waals surface area contributed by atoms with Crippen LogP contribution in [0.4, 0.5) is 0 Å². The molecule has 650 valence electrons. The van der Waals surface area contributed by atoms with Gasteiger partial charge in [0.25, 0.3) is 17.9 Å². The van der Waals surface area contributed by atoms with Crippen molar-refractivity contribution in [3.63, 3.8) is 0 Å². The second kappa shape index (κ2) is 95.6. The Kier molecular flexibility index (Phi) is 95.5. The number of carbonyl (C=O) groups excluding carboxylic acids is 6. The summed E-state index contributed by atoms with van der Waals surface area (Å²) in [5, 5.41) is 0. The smallest absolute Gasteiger partial charge is 0.0654 e. The van der Waals surface area contributed by atoms with Crippen molar-refractivity contribution in [2.75, 3.05) is 0 Å². The summed E-state index contributed by atoms with van der Waals surface area (Å²) in [5.41, 5.74) is 0. The average molecular weight is 1750 g/mol. The quantitative estimate of drug-likeness (QED) is 0.0420. The summed E-state index contributed by atoms with van der Waals surface area (Å²) in [4.78, 5) is 76.3. The summed E-state index contributed by atoms with van der Waals surface area (Å²) in [7, 11) is -1.58. The van der Waals surface area contributed by atoms with E-state index >= 15 is 0 Å². The third-order valence-electron chi connectivity index (χ3n) is 22.1. The zero-order chi connectivity index (χ0) is 80.3. The molecule has 0 aliphatic heterocycles. The van der Waals surface area contributed by atoms with E-state index in [1.165, 1.54) is 385 Å². The van der Waals surface area contributed by atoms with Crippen molar-refractivity contribution in [1.29, 1.82) is 0 Å². The Labute approximate surface area is 693 Å². The first-order chi connectivity index (χ1) is 54.1. The molecule has 12 nitrogen and oxygen atoms in total. The van der Waals surface area contributed by atoms with E-state index in [9.17, 15) is 28.8 Å². The molecule has 0 radical (unpaired) electrons. The van der Waals surface area contributed by atoms with Gasteiger partial charge in [-0.1, -0.05) is 350 Å². The summed E-state index contributed by atoms with van der Waals surface area (Å²) in [6, 6.07) is 0. The molecular formula is C96H186BBiO12. The van der Waals surface area contributed by atoms with Crippen LogP contribution >= 0.6 is 0 Å². The first-order valence-corrected chi connectivity index (χ1v) is 53.3. The summed E-state index contributed by atoms with van der Waals surface area (Å²) >= 11 is -4.00. The van der Waals surface area contributed by atoms with E-state index in [1.807, 2.05) is 0 Å². The van der Waals surface area contributed by atoms with Crippen molar-refractivity contribution in [2.45, 2.75) is 581 Å². The third kappa shape index (κ3) is 92.9. The van der Waals surface area contributed by atoms with Crippen molar-refractivity contribution in [2.24, 2.45) is 0 Å². The van der Waals surface area contributed by atoms with E-state index in [-0.39, 0.29) is 56.4 Å². The number of hydrogen-bond donors (Lipinski definition) is 0. The molecular weight excluding hydrogens is 1560 g/mol. The molecule has 0 aliphatic carbocycles. The van der Waals surface area contributed by atoms with E-state index in [2.05, 4.69) is 41.5 Å². The molecule has 0 aliphatic rings. The van der Waals surface area contributed by atoms with Gasteiger partial charge in [-0.05, 0) is 19.3 Å². The summed E-state index contributed by atoms with van der Waals surface area (Å²) in [5.74, 6) is -2.59. The number of carbonyl (C=O) groups is 6. The Morgan fingerprint density at radius 3 is 0.373 bits per heavy atom. The molecule has 0 saturated heterocycles. The van der Waals surface area contributed by atoms with Gasteiger partial charge in [0.05, 0.1) is 0 Å². The minimum atomic E-state index is -4.00. The van der Waals surface area contributed by atoms with Gasteiger partial charge in [-0.2, -0.15) is 0 Å². The molecule has 0 fully saturated rings. The van der Waals surface area contributed by atoms with Crippen molar-refractivity contribution in [1.82, 2.24) is 0 Å². The summed E-state index contributed by atoms with van der Waals surface area (Å²) in [6.45, 7) is 13.6. The Bertz CT molecular complexity index is 1570. The molecule has 0 aromatic carbocycles. The molecule has 0 bridgehead atoms. The van der Waals surface area contributed by atoms with Crippen LogP contribution in [-0.4, -0.2) is 66.2 Å². The average Bonchev–Trinajstić information content (AvgIpc) is 0.933. The van der Waals surface area contributed by atoms with Gasteiger partial charge in [-0.25, -0.2) is 0 Å². The first kappa shape index (κ1) is 110. The van der Waals surface area contributed by atoms with E-state index in [1.54, 1.807) is 0 Å². The predicted octanol–water partition coefficient (Wildman–Crippen LogP) is 32.1. The van der Waals surface area contributed by atoms with Crippen LogP contribution in [-0.2, 0) is 51.2 Å². The molecule has 0 spiro atoms. The zero-order valence-electron chi connectivity index (χ0n) is 74.3. The molecule has 110 heavy (non-hydrogen) atoms. The summed E-state index contributed by atoms with van der Waals surface area (Å²) < 4.78 is 33.1. The molecule has 0 atom stereocenters. The van der Waals surface area contributed by atoms with Crippen molar-refractivity contribution in [3.05, 3.63) is 0 Å². The van der Waals surface area contributed by atoms with Crippen molar-refractivity contribution in [3.8, 4) is 0 Å². The van der Waals surface area contributed by atoms with Gasteiger partial charge in [0.2, 0.25) is 0 Å². The van der Waals surface area contributed by atoms with E-state index in [4.69, 9.17) is 22.4 Å².